The Balaban J connectivity index is 1.86. The van der Waals surface area contributed by atoms with Crippen molar-refractivity contribution in [3.63, 3.8) is 0 Å². The van der Waals surface area contributed by atoms with Crippen LogP contribution in [0.1, 0.15) is 21.5 Å². The van der Waals surface area contributed by atoms with E-state index >= 15 is 0 Å². The Bertz CT molecular complexity index is 798. The summed E-state index contributed by atoms with van der Waals surface area (Å²) in [4.78, 5) is 21.2. The van der Waals surface area contributed by atoms with E-state index in [4.69, 9.17) is 9.47 Å². The van der Waals surface area contributed by atoms with E-state index in [0.717, 1.165) is 5.56 Å². The van der Waals surface area contributed by atoms with Gasteiger partial charge in [-0.15, -0.1) is 0 Å². The summed E-state index contributed by atoms with van der Waals surface area (Å²) in [5, 5.41) is 11.0. The van der Waals surface area contributed by atoms with E-state index in [1.807, 2.05) is 24.3 Å². The van der Waals surface area contributed by atoms with E-state index in [9.17, 15) is 14.9 Å². The van der Waals surface area contributed by atoms with Crippen LogP contribution in [0, 0.1) is 10.1 Å². The maximum Gasteiger partial charge on any atom is 0.280 e. The quantitative estimate of drug-likeness (QED) is 0.374. The molecule has 6 nitrogen and oxygen atoms in total. The van der Waals surface area contributed by atoms with Crippen molar-refractivity contribution >= 4 is 24.1 Å². The molecule has 23 heavy (non-hydrogen) atoms. The summed E-state index contributed by atoms with van der Waals surface area (Å²) < 4.78 is 11.0. The van der Waals surface area contributed by atoms with Gasteiger partial charge in [0.15, 0.2) is 17.8 Å². The molecule has 2 aromatic rings. The van der Waals surface area contributed by atoms with Crippen molar-refractivity contribution in [1.82, 2.24) is 0 Å². The molecule has 1 aliphatic heterocycles. The van der Waals surface area contributed by atoms with Crippen molar-refractivity contribution in [1.29, 1.82) is 0 Å². The third kappa shape index (κ3) is 3.21. The lowest BCUT2D eigenvalue weighted by molar-refractivity contribution is -0.385. The summed E-state index contributed by atoms with van der Waals surface area (Å²) in [5.74, 6) is 1.39. The molecule has 0 bridgehead atoms. The van der Waals surface area contributed by atoms with Gasteiger partial charge in [0.05, 0.1) is 10.5 Å². The molecular weight excluding hydrogens is 298 g/mol. The second kappa shape index (κ2) is 6.31. The van der Waals surface area contributed by atoms with Crippen LogP contribution in [0.15, 0.2) is 36.4 Å². The smallest absolute Gasteiger partial charge is 0.280 e. The van der Waals surface area contributed by atoms with Gasteiger partial charge in [-0.2, -0.15) is 0 Å². The van der Waals surface area contributed by atoms with E-state index in [1.54, 1.807) is 12.1 Å². The molecule has 0 atom stereocenters. The molecule has 0 aliphatic carbocycles. The van der Waals surface area contributed by atoms with E-state index in [2.05, 4.69) is 0 Å². The Labute approximate surface area is 132 Å². The highest BCUT2D eigenvalue weighted by Crippen LogP contribution is 2.31. The number of aldehydes is 1. The van der Waals surface area contributed by atoms with Gasteiger partial charge in [-0.3, -0.25) is 14.9 Å². The largest absolute Gasteiger partial charge is 0.486 e. The molecular formula is C17H13NO5. The van der Waals surface area contributed by atoms with Crippen LogP contribution in [0.3, 0.4) is 0 Å². The van der Waals surface area contributed by atoms with E-state index in [-0.39, 0.29) is 11.3 Å². The average Bonchev–Trinajstić information content (AvgIpc) is 2.59. The number of hydrogen-bond acceptors (Lipinski definition) is 5. The fraction of sp³-hybridized carbons (Fsp3) is 0.118. The third-order valence-corrected chi connectivity index (χ3v) is 3.41. The number of hydrogen-bond donors (Lipinski definition) is 0. The second-order valence-electron chi connectivity index (χ2n) is 4.93. The summed E-state index contributed by atoms with van der Waals surface area (Å²) >= 11 is 0. The number of nitro groups is 1. The van der Waals surface area contributed by atoms with Gasteiger partial charge in [-0.25, -0.2) is 0 Å². The summed E-state index contributed by atoms with van der Waals surface area (Å²) in [6, 6.07) is 10.0. The van der Waals surface area contributed by atoms with Crippen molar-refractivity contribution in [2.24, 2.45) is 0 Å². The molecule has 0 saturated carbocycles. The minimum atomic E-state index is -0.564. The Morgan fingerprint density at radius 3 is 2.30 bits per heavy atom. The zero-order valence-electron chi connectivity index (χ0n) is 12.1. The highest BCUT2D eigenvalue weighted by molar-refractivity contribution is 5.83. The van der Waals surface area contributed by atoms with E-state index in [1.165, 1.54) is 12.1 Å². The van der Waals surface area contributed by atoms with Gasteiger partial charge in [-0.05, 0) is 29.3 Å². The van der Waals surface area contributed by atoms with Gasteiger partial charge in [0.25, 0.3) is 5.69 Å². The van der Waals surface area contributed by atoms with Crippen LogP contribution in [0.4, 0.5) is 5.69 Å². The molecule has 116 valence electrons. The first-order chi connectivity index (χ1) is 11.2. The molecule has 6 heteroatoms. The molecule has 0 radical (unpaired) electrons. The molecule has 0 unspecified atom stereocenters. The first kappa shape index (κ1) is 14.8. The lowest BCUT2D eigenvalue weighted by Gasteiger charge is -2.18. The number of benzene rings is 2. The van der Waals surface area contributed by atoms with Crippen molar-refractivity contribution in [2.45, 2.75) is 0 Å². The molecule has 0 fully saturated rings. The lowest BCUT2D eigenvalue weighted by atomic mass is 10.1. The van der Waals surface area contributed by atoms with Crippen molar-refractivity contribution in [2.75, 3.05) is 13.2 Å². The number of nitro benzene ring substituents is 1. The SMILES string of the molecule is O=Cc1ccc(/C=C/c2ccc3c(c2)OCCO3)cc1[N+](=O)[O-]. The highest BCUT2D eigenvalue weighted by atomic mass is 16.6. The highest BCUT2D eigenvalue weighted by Gasteiger charge is 2.13. The number of fused-ring (bicyclic) bond motifs is 1. The van der Waals surface area contributed by atoms with Crippen LogP contribution < -0.4 is 9.47 Å². The fourth-order valence-electron chi connectivity index (χ4n) is 2.28. The Morgan fingerprint density at radius 2 is 1.61 bits per heavy atom. The molecule has 2 aromatic carbocycles. The van der Waals surface area contributed by atoms with Crippen molar-refractivity contribution < 1.29 is 19.2 Å². The normalized spacial score (nSPS) is 13.0. The topological polar surface area (TPSA) is 78.7 Å². The number of rotatable bonds is 4. The monoisotopic (exact) mass is 311 g/mol. The van der Waals surface area contributed by atoms with Crippen LogP contribution in [0.5, 0.6) is 11.5 Å². The van der Waals surface area contributed by atoms with Gasteiger partial charge >= 0.3 is 0 Å². The molecule has 0 amide bonds. The van der Waals surface area contributed by atoms with Gasteiger partial charge in [0, 0.05) is 6.07 Å². The standard InChI is InChI=1S/C17H13NO5/c19-11-14-5-3-12(9-15(14)18(20)21)1-2-13-4-6-16-17(10-13)23-8-7-22-16/h1-6,9-11H,7-8H2/b2-1+. The number of nitrogens with zero attached hydrogens (tertiary/aromatic N) is 1. The summed E-state index contributed by atoms with van der Waals surface area (Å²) in [7, 11) is 0. The number of carbonyl (C=O) groups is 1. The molecule has 1 aliphatic rings. The average molecular weight is 311 g/mol. The van der Waals surface area contributed by atoms with Crippen LogP contribution in [0.25, 0.3) is 12.2 Å². The molecule has 0 saturated heterocycles. The number of ether oxygens (including phenoxy) is 2. The van der Waals surface area contributed by atoms with Gasteiger partial charge in [0.1, 0.15) is 13.2 Å². The summed E-state index contributed by atoms with van der Waals surface area (Å²) in [5.41, 5.74) is 1.38. The van der Waals surface area contributed by atoms with Gasteiger partial charge < -0.3 is 9.47 Å². The predicted octanol–water partition coefficient (Wildman–Crippen LogP) is 3.35. The fourth-order valence-corrected chi connectivity index (χ4v) is 2.28. The lowest BCUT2D eigenvalue weighted by Crippen LogP contribution is -2.15. The van der Waals surface area contributed by atoms with E-state index < -0.39 is 4.92 Å². The molecule has 0 aromatic heterocycles. The Hall–Kier alpha value is -3.15. The van der Waals surface area contributed by atoms with Crippen molar-refractivity contribution in [3.8, 4) is 11.5 Å². The van der Waals surface area contributed by atoms with Crippen molar-refractivity contribution in [3.05, 3.63) is 63.2 Å². The Kier molecular flexibility index (Phi) is 4.05. The Morgan fingerprint density at radius 1 is 0.957 bits per heavy atom. The molecule has 1 heterocycles. The first-order valence-corrected chi connectivity index (χ1v) is 6.99. The van der Waals surface area contributed by atoms with Gasteiger partial charge in [-0.1, -0.05) is 24.3 Å². The van der Waals surface area contributed by atoms with Gasteiger partial charge in [0.2, 0.25) is 0 Å². The first-order valence-electron chi connectivity index (χ1n) is 6.99. The maximum absolute atomic E-state index is 11.0. The zero-order valence-corrected chi connectivity index (χ0v) is 12.1. The minimum Gasteiger partial charge on any atom is -0.486 e. The third-order valence-electron chi connectivity index (χ3n) is 3.41. The molecule has 0 N–H and O–H groups in total. The number of carbonyl (C=O) groups excluding carboxylic acids is 1. The van der Waals surface area contributed by atoms with Crippen LogP contribution in [0.2, 0.25) is 0 Å². The van der Waals surface area contributed by atoms with Crippen LogP contribution in [-0.2, 0) is 0 Å². The van der Waals surface area contributed by atoms with Crippen LogP contribution >= 0.6 is 0 Å². The maximum atomic E-state index is 11.0. The summed E-state index contributed by atoms with van der Waals surface area (Å²) in [6.07, 6.45) is 4.04. The zero-order chi connectivity index (χ0) is 16.2. The predicted molar refractivity (Wildman–Crippen MR) is 84.8 cm³/mol. The summed E-state index contributed by atoms with van der Waals surface area (Å²) in [6.45, 7) is 1.05. The molecule has 3 rings (SSSR count). The second-order valence-corrected chi connectivity index (χ2v) is 4.93. The molecule has 0 spiro atoms. The van der Waals surface area contributed by atoms with Crippen LogP contribution in [-0.4, -0.2) is 24.4 Å². The van der Waals surface area contributed by atoms with E-state index in [0.29, 0.717) is 36.6 Å². The minimum absolute atomic E-state index is 0.0616.